The second-order valence-corrected chi connectivity index (χ2v) is 5.32. The molecule has 0 radical (unpaired) electrons. The molecular formula is C14H6Cl2N6O. The van der Waals surface area contributed by atoms with E-state index in [2.05, 4.69) is 24.8 Å². The lowest BCUT2D eigenvalue weighted by molar-refractivity contribution is 0.476. The quantitative estimate of drug-likeness (QED) is 0.801. The summed E-state index contributed by atoms with van der Waals surface area (Å²) in [4.78, 5) is 15.2. The number of hydrogen-bond acceptors (Lipinski definition) is 4. The van der Waals surface area contributed by atoms with Crippen molar-refractivity contribution in [2.75, 3.05) is 0 Å². The van der Waals surface area contributed by atoms with E-state index in [1.54, 1.807) is 6.92 Å². The van der Waals surface area contributed by atoms with Crippen molar-refractivity contribution < 1.29 is 5.11 Å². The molecule has 0 amide bonds. The smallest absolute Gasteiger partial charge is 0.264 e. The van der Waals surface area contributed by atoms with Crippen LogP contribution in [-0.4, -0.2) is 25.6 Å². The zero-order valence-corrected chi connectivity index (χ0v) is 13.1. The fraction of sp³-hybridized carbons (Fsp3) is 0.0714. The Kier molecular flexibility index (Phi) is 3.53. The van der Waals surface area contributed by atoms with Crippen molar-refractivity contribution in [2.24, 2.45) is 4.99 Å². The molecule has 7 nitrogen and oxygen atoms in total. The van der Waals surface area contributed by atoms with Crippen LogP contribution in [0, 0.1) is 20.1 Å². The summed E-state index contributed by atoms with van der Waals surface area (Å²) in [6.45, 7) is 16.2. The number of aryl methyl sites for hydroxylation is 1. The highest BCUT2D eigenvalue weighted by atomic mass is 35.5. The van der Waals surface area contributed by atoms with Crippen LogP contribution in [0.3, 0.4) is 0 Å². The number of allylic oxidation sites excluding steroid dienone is 1. The van der Waals surface area contributed by atoms with Gasteiger partial charge in [0.05, 0.1) is 22.3 Å². The van der Waals surface area contributed by atoms with Crippen LogP contribution in [0.4, 0.5) is 5.69 Å². The van der Waals surface area contributed by atoms with E-state index in [0.717, 1.165) is 0 Å². The van der Waals surface area contributed by atoms with Crippen LogP contribution in [-0.2, 0) is 0 Å². The van der Waals surface area contributed by atoms with Crippen LogP contribution < -0.4 is 0 Å². The third kappa shape index (κ3) is 2.33. The normalized spacial score (nSPS) is 14.7. The maximum atomic E-state index is 9.59. The van der Waals surface area contributed by atoms with Crippen molar-refractivity contribution >= 4 is 40.4 Å². The number of benzene rings is 1. The van der Waals surface area contributed by atoms with Gasteiger partial charge in [-0.25, -0.2) is 4.85 Å². The maximum Gasteiger partial charge on any atom is 0.264 e. The fourth-order valence-corrected chi connectivity index (χ4v) is 2.56. The molecule has 9 heteroatoms. The Morgan fingerprint density at radius 1 is 1.22 bits per heavy atom. The third-order valence-electron chi connectivity index (χ3n) is 3.02. The zero-order chi connectivity index (χ0) is 16.7. The molecule has 1 aromatic carbocycles. The highest BCUT2D eigenvalue weighted by Gasteiger charge is 2.34. The highest BCUT2D eigenvalue weighted by Crippen LogP contribution is 2.37. The van der Waals surface area contributed by atoms with Crippen molar-refractivity contribution in [3.05, 3.63) is 62.4 Å². The Hall–Kier alpha value is -2.87. The largest absolute Gasteiger partial charge is 0.505 e. The SMILES string of the molecule is [C-]#[N+]C1=C([N+]#[C-])n2nc(C)nc2C1=Nc1cc(Cl)c(O)c(Cl)c1. The van der Waals surface area contributed by atoms with Gasteiger partial charge in [-0.3, -0.25) is 4.99 Å². The van der Waals surface area contributed by atoms with Gasteiger partial charge in [0.25, 0.3) is 5.82 Å². The van der Waals surface area contributed by atoms with Gasteiger partial charge in [-0.05, 0) is 19.1 Å². The molecule has 0 unspecified atom stereocenters. The number of aromatic nitrogens is 3. The monoisotopic (exact) mass is 344 g/mol. The molecule has 112 valence electrons. The Balaban J connectivity index is 2.25. The first kappa shape index (κ1) is 15.0. The predicted molar refractivity (Wildman–Crippen MR) is 85.5 cm³/mol. The molecule has 0 saturated carbocycles. The topological polar surface area (TPSA) is 72.0 Å². The number of hydrogen-bond donors (Lipinski definition) is 1. The number of aromatic hydroxyl groups is 1. The summed E-state index contributed by atoms with van der Waals surface area (Å²) in [6.07, 6.45) is 0. The highest BCUT2D eigenvalue weighted by molar-refractivity contribution is 6.37. The van der Waals surface area contributed by atoms with Gasteiger partial charge in [0.1, 0.15) is 5.71 Å². The Labute approximate surface area is 140 Å². The molecule has 1 aliphatic heterocycles. The van der Waals surface area contributed by atoms with Gasteiger partial charge in [-0.1, -0.05) is 34.9 Å². The fourth-order valence-electron chi connectivity index (χ4n) is 2.08. The summed E-state index contributed by atoms with van der Waals surface area (Å²) in [5.74, 6) is 0.565. The lowest BCUT2D eigenvalue weighted by atomic mass is 10.2. The summed E-state index contributed by atoms with van der Waals surface area (Å²) < 4.78 is 1.29. The Bertz CT molecular complexity index is 967. The van der Waals surface area contributed by atoms with E-state index in [0.29, 0.717) is 17.3 Å². The van der Waals surface area contributed by atoms with Gasteiger partial charge in [-0.2, -0.15) is 9.67 Å². The number of rotatable bonds is 1. The molecule has 1 aromatic heterocycles. The first-order valence-corrected chi connectivity index (χ1v) is 6.92. The number of halogens is 2. The summed E-state index contributed by atoms with van der Waals surface area (Å²) in [6, 6.07) is 2.81. The lowest BCUT2D eigenvalue weighted by Gasteiger charge is -2.02. The Morgan fingerprint density at radius 2 is 1.87 bits per heavy atom. The summed E-state index contributed by atoms with van der Waals surface area (Å²) >= 11 is 11.8. The van der Waals surface area contributed by atoms with Gasteiger partial charge in [0.15, 0.2) is 11.6 Å². The molecule has 0 bridgehead atoms. The Morgan fingerprint density at radius 3 is 2.43 bits per heavy atom. The van der Waals surface area contributed by atoms with Gasteiger partial charge >= 0.3 is 0 Å². The van der Waals surface area contributed by atoms with E-state index in [9.17, 15) is 5.11 Å². The molecule has 1 N–H and O–H groups in total. The van der Waals surface area contributed by atoms with Crippen molar-refractivity contribution in [1.29, 1.82) is 0 Å². The molecular weight excluding hydrogens is 339 g/mol. The minimum Gasteiger partial charge on any atom is -0.505 e. The molecule has 1 aliphatic rings. The minimum atomic E-state index is -0.245. The molecule has 3 rings (SSSR count). The molecule has 2 aromatic rings. The molecule has 23 heavy (non-hydrogen) atoms. The average molecular weight is 345 g/mol. The van der Waals surface area contributed by atoms with Crippen LogP contribution in [0.15, 0.2) is 22.8 Å². The van der Waals surface area contributed by atoms with Crippen LogP contribution >= 0.6 is 23.2 Å². The van der Waals surface area contributed by atoms with Crippen molar-refractivity contribution in [1.82, 2.24) is 14.8 Å². The number of nitrogens with zero attached hydrogens (tertiary/aromatic N) is 6. The van der Waals surface area contributed by atoms with E-state index >= 15 is 0 Å². The van der Waals surface area contributed by atoms with E-state index in [1.807, 2.05) is 0 Å². The van der Waals surface area contributed by atoms with Crippen LogP contribution in [0.1, 0.15) is 11.6 Å². The second kappa shape index (κ2) is 5.40. The maximum absolute atomic E-state index is 9.59. The van der Waals surface area contributed by atoms with Gasteiger partial charge < -0.3 is 9.95 Å². The third-order valence-corrected chi connectivity index (χ3v) is 3.60. The molecule has 0 spiro atoms. The van der Waals surface area contributed by atoms with Gasteiger partial charge in [-0.15, -0.1) is 0 Å². The average Bonchev–Trinajstić information content (AvgIpc) is 3.00. The molecule has 0 saturated heterocycles. The van der Waals surface area contributed by atoms with Crippen LogP contribution in [0.2, 0.25) is 10.0 Å². The minimum absolute atomic E-state index is 0.0336. The van der Waals surface area contributed by atoms with E-state index < -0.39 is 0 Å². The summed E-state index contributed by atoms with van der Waals surface area (Å²) in [7, 11) is 0. The molecule has 0 fully saturated rings. The van der Waals surface area contributed by atoms with Crippen molar-refractivity contribution in [3.63, 3.8) is 0 Å². The van der Waals surface area contributed by atoms with Crippen molar-refractivity contribution in [3.8, 4) is 5.75 Å². The zero-order valence-electron chi connectivity index (χ0n) is 11.5. The van der Waals surface area contributed by atoms with Crippen LogP contribution in [0.25, 0.3) is 15.5 Å². The molecule has 2 heterocycles. The number of phenols is 1. The van der Waals surface area contributed by atoms with E-state index in [4.69, 9.17) is 36.3 Å². The second-order valence-electron chi connectivity index (χ2n) is 4.51. The summed E-state index contributed by atoms with van der Waals surface area (Å²) in [5, 5.41) is 13.8. The predicted octanol–water partition coefficient (Wildman–Crippen LogP) is 3.70. The first-order valence-electron chi connectivity index (χ1n) is 6.17. The number of aliphatic imine (C=N–C) groups is 1. The van der Waals surface area contributed by atoms with E-state index in [-0.39, 0.29) is 33.0 Å². The summed E-state index contributed by atoms with van der Waals surface area (Å²) in [5.41, 5.74) is 0.590. The molecule has 0 atom stereocenters. The lowest BCUT2D eigenvalue weighted by Crippen LogP contribution is -2.01. The first-order chi connectivity index (χ1) is 11.0. The number of fused-ring (bicyclic) bond motifs is 1. The van der Waals surface area contributed by atoms with Gasteiger partial charge in [0.2, 0.25) is 11.5 Å². The standard InChI is InChI=1S/C14H6Cl2N6O/c1-6-19-14-11(10(17-2)13(18-3)22(14)21-6)20-7-4-8(15)12(23)9(16)5-7/h4-5,23H,1H3. The van der Waals surface area contributed by atoms with Crippen molar-refractivity contribution in [2.45, 2.75) is 6.92 Å². The van der Waals surface area contributed by atoms with Crippen LogP contribution in [0.5, 0.6) is 5.75 Å². The van der Waals surface area contributed by atoms with E-state index in [1.165, 1.54) is 16.8 Å². The number of phenolic OH excluding ortho intramolecular Hbond substituents is 1. The van der Waals surface area contributed by atoms with Gasteiger partial charge in [0, 0.05) is 0 Å². The molecule has 0 aliphatic carbocycles.